The Morgan fingerprint density at radius 1 is 1.18 bits per heavy atom. The van der Waals surface area contributed by atoms with Crippen LogP contribution in [0.4, 0.5) is 0 Å². The van der Waals surface area contributed by atoms with Gasteiger partial charge in [-0.15, -0.1) is 0 Å². The van der Waals surface area contributed by atoms with Gasteiger partial charge in [-0.1, -0.05) is 40.0 Å². The van der Waals surface area contributed by atoms with Gasteiger partial charge in [-0.05, 0) is 48.9 Å². The number of Topliss-reactive ketones (excluding diaryl/α,β-unsaturated/α-hetero) is 1. The van der Waals surface area contributed by atoms with Crippen LogP contribution in [-0.4, -0.2) is 5.78 Å². The molecule has 1 heteroatoms. The first-order valence-corrected chi connectivity index (χ1v) is 7.44. The summed E-state index contributed by atoms with van der Waals surface area (Å²) >= 11 is 0. The van der Waals surface area contributed by atoms with Gasteiger partial charge in [0, 0.05) is 6.42 Å². The van der Waals surface area contributed by atoms with Gasteiger partial charge < -0.3 is 4.79 Å². The SMILES string of the molecule is CC(=O)CC1C(C)CCC2C(C)CCCC21C. The van der Waals surface area contributed by atoms with Crippen LogP contribution < -0.4 is 0 Å². The van der Waals surface area contributed by atoms with E-state index >= 15 is 0 Å². The Balaban J connectivity index is 2.24. The third kappa shape index (κ3) is 2.30. The minimum absolute atomic E-state index is 0.391. The molecule has 5 atom stereocenters. The maximum Gasteiger partial charge on any atom is 0.130 e. The van der Waals surface area contributed by atoms with Crippen molar-refractivity contribution >= 4 is 5.78 Å². The summed E-state index contributed by atoms with van der Waals surface area (Å²) in [5.41, 5.74) is 0.445. The van der Waals surface area contributed by atoms with Crippen LogP contribution in [0, 0.1) is 29.1 Å². The maximum absolute atomic E-state index is 11.6. The van der Waals surface area contributed by atoms with E-state index in [9.17, 15) is 4.79 Å². The second kappa shape index (κ2) is 4.74. The van der Waals surface area contributed by atoms with Gasteiger partial charge in [0.15, 0.2) is 0 Å². The van der Waals surface area contributed by atoms with Crippen molar-refractivity contribution in [1.29, 1.82) is 0 Å². The molecule has 0 bridgehead atoms. The molecule has 0 amide bonds. The van der Waals surface area contributed by atoms with E-state index in [0.29, 0.717) is 17.1 Å². The van der Waals surface area contributed by atoms with Crippen molar-refractivity contribution in [2.45, 2.75) is 66.2 Å². The van der Waals surface area contributed by atoms with E-state index in [1.807, 2.05) is 0 Å². The van der Waals surface area contributed by atoms with Crippen LogP contribution in [-0.2, 0) is 4.79 Å². The second-order valence-corrected chi connectivity index (χ2v) is 7.05. The number of fused-ring (bicyclic) bond motifs is 1. The van der Waals surface area contributed by atoms with Gasteiger partial charge in [0.25, 0.3) is 0 Å². The van der Waals surface area contributed by atoms with Gasteiger partial charge in [-0.2, -0.15) is 0 Å². The van der Waals surface area contributed by atoms with Gasteiger partial charge in [-0.25, -0.2) is 0 Å². The molecule has 0 spiro atoms. The van der Waals surface area contributed by atoms with Crippen molar-refractivity contribution in [3.63, 3.8) is 0 Å². The summed E-state index contributed by atoms with van der Waals surface area (Å²) in [6.07, 6.45) is 7.68. The lowest BCUT2D eigenvalue weighted by atomic mass is 9.50. The molecule has 0 aromatic heterocycles. The highest BCUT2D eigenvalue weighted by atomic mass is 16.1. The number of hydrogen-bond donors (Lipinski definition) is 0. The first kappa shape index (κ1) is 13.1. The lowest BCUT2D eigenvalue weighted by Crippen LogP contribution is -2.48. The summed E-state index contributed by atoms with van der Waals surface area (Å²) in [7, 11) is 0. The fourth-order valence-corrected chi connectivity index (χ4v) is 4.95. The van der Waals surface area contributed by atoms with Crippen LogP contribution >= 0.6 is 0 Å². The maximum atomic E-state index is 11.6. The summed E-state index contributed by atoms with van der Waals surface area (Å²) in [6.45, 7) is 9.06. The Labute approximate surface area is 106 Å². The van der Waals surface area contributed by atoms with Crippen LogP contribution in [0.1, 0.15) is 66.2 Å². The summed E-state index contributed by atoms with van der Waals surface area (Å²) in [5, 5.41) is 0. The van der Waals surface area contributed by atoms with Crippen molar-refractivity contribution in [3.8, 4) is 0 Å². The van der Waals surface area contributed by atoms with Gasteiger partial charge in [0.1, 0.15) is 5.78 Å². The standard InChI is InChI=1S/C16H28O/c1-11-6-5-9-16(4)14(11)8-7-12(2)15(16)10-13(3)17/h11-12,14-15H,5-10H2,1-4H3. The molecular formula is C16H28O. The molecule has 1 nitrogen and oxygen atoms in total. The highest BCUT2D eigenvalue weighted by molar-refractivity contribution is 5.75. The molecular weight excluding hydrogens is 208 g/mol. The van der Waals surface area contributed by atoms with Crippen molar-refractivity contribution in [1.82, 2.24) is 0 Å². The first-order chi connectivity index (χ1) is 7.95. The molecule has 0 N–H and O–H groups in total. The molecule has 17 heavy (non-hydrogen) atoms. The van der Waals surface area contributed by atoms with E-state index in [1.165, 1.54) is 32.1 Å². The normalized spacial score (nSPS) is 46.4. The smallest absolute Gasteiger partial charge is 0.130 e. The van der Waals surface area contributed by atoms with Crippen molar-refractivity contribution in [3.05, 3.63) is 0 Å². The van der Waals surface area contributed by atoms with Gasteiger partial charge in [-0.3, -0.25) is 0 Å². The van der Waals surface area contributed by atoms with Gasteiger partial charge >= 0.3 is 0 Å². The monoisotopic (exact) mass is 236 g/mol. The number of hydrogen-bond acceptors (Lipinski definition) is 1. The zero-order valence-electron chi connectivity index (χ0n) is 12.0. The fraction of sp³-hybridized carbons (Fsp3) is 0.938. The number of carbonyl (C=O) groups excluding carboxylic acids is 1. The first-order valence-electron chi connectivity index (χ1n) is 7.44. The highest BCUT2D eigenvalue weighted by Crippen LogP contribution is 2.57. The van der Waals surface area contributed by atoms with Gasteiger partial charge in [0.05, 0.1) is 0 Å². The minimum atomic E-state index is 0.391. The average molecular weight is 236 g/mol. The molecule has 0 heterocycles. The third-order valence-electron chi connectivity index (χ3n) is 5.88. The topological polar surface area (TPSA) is 17.1 Å². The highest BCUT2D eigenvalue weighted by Gasteiger charge is 2.49. The number of ketones is 1. The molecule has 0 radical (unpaired) electrons. The predicted octanol–water partition coefficient (Wildman–Crippen LogP) is 4.45. The molecule has 0 aromatic carbocycles. The minimum Gasteiger partial charge on any atom is -0.300 e. The van der Waals surface area contributed by atoms with Crippen LogP contribution in [0.15, 0.2) is 0 Å². The van der Waals surface area contributed by atoms with Gasteiger partial charge in [0.2, 0.25) is 0 Å². The Kier molecular flexibility index (Phi) is 3.66. The molecule has 2 fully saturated rings. The Morgan fingerprint density at radius 3 is 2.53 bits per heavy atom. The summed E-state index contributed by atoms with van der Waals surface area (Å²) in [5.74, 6) is 3.52. The molecule has 0 aromatic rings. The van der Waals surface area contributed by atoms with Crippen LogP contribution in [0.25, 0.3) is 0 Å². The van der Waals surface area contributed by atoms with E-state index in [1.54, 1.807) is 6.92 Å². The van der Waals surface area contributed by atoms with Crippen LogP contribution in [0.5, 0.6) is 0 Å². The van der Waals surface area contributed by atoms with Crippen molar-refractivity contribution in [2.75, 3.05) is 0 Å². The zero-order valence-corrected chi connectivity index (χ0v) is 12.0. The number of rotatable bonds is 2. The molecule has 0 aliphatic heterocycles. The van der Waals surface area contributed by atoms with E-state index in [4.69, 9.17) is 0 Å². The lowest BCUT2D eigenvalue weighted by Gasteiger charge is -2.55. The quantitative estimate of drug-likeness (QED) is 0.692. The largest absolute Gasteiger partial charge is 0.300 e. The van der Waals surface area contributed by atoms with E-state index in [0.717, 1.165) is 24.2 Å². The summed E-state index contributed by atoms with van der Waals surface area (Å²) < 4.78 is 0. The summed E-state index contributed by atoms with van der Waals surface area (Å²) in [4.78, 5) is 11.6. The van der Waals surface area contributed by atoms with E-state index < -0.39 is 0 Å². The van der Waals surface area contributed by atoms with E-state index in [-0.39, 0.29) is 0 Å². The predicted molar refractivity (Wildman–Crippen MR) is 71.8 cm³/mol. The van der Waals surface area contributed by atoms with Crippen molar-refractivity contribution < 1.29 is 4.79 Å². The molecule has 2 rings (SSSR count). The number of carbonyl (C=O) groups is 1. The molecule has 2 aliphatic carbocycles. The zero-order chi connectivity index (χ0) is 12.6. The molecule has 0 saturated heterocycles. The Hall–Kier alpha value is -0.330. The lowest BCUT2D eigenvalue weighted by molar-refractivity contribution is -0.123. The molecule has 98 valence electrons. The van der Waals surface area contributed by atoms with Crippen LogP contribution in [0.3, 0.4) is 0 Å². The molecule has 5 unspecified atom stereocenters. The Morgan fingerprint density at radius 2 is 1.88 bits per heavy atom. The van der Waals surface area contributed by atoms with Crippen LogP contribution in [0.2, 0.25) is 0 Å². The van der Waals surface area contributed by atoms with E-state index in [2.05, 4.69) is 20.8 Å². The average Bonchev–Trinajstić information content (AvgIpc) is 2.23. The van der Waals surface area contributed by atoms with Crippen molar-refractivity contribution in [2.24, 2.45) is 29.1 Å². The molecule has 2 aliphatic rings. The Bertz CT molecular complexity index is 296. The summed E-state index contributed by atoms with van der Waals surface area (Å²) in [6, 6.07) is 0. The fourth-order valence-electron chi connectivity index (χ4n) is 4.95. The third-order valence-corrected chi connectivity index (χ3v) is 5.88. The molecule has 2 saturated carbocycles. The second-order valence-electron chi connectivity index (χ2n) is 7.05.